The molecule has 3 aromatic rings. The van der Waals surface area contributed by atoms with Crippen molar-refractivity contribution in [1.82, 2.24) is 31.4 Å². The number of hydrogen-bond acceptors (Lipinski definition) is 18. The van der Waals surface area contributed by atoms with E-state index in [1.165, 1.54) is 7.11 Å². The summed E-state index contributed by atoms with van der Waals surface area (Å²) in [4.78, 5) is 104. The van der Waals surface area contributed by atoms with Gasteiger partial charge in [0.05, 0.1) is 97.2 Å². The summed E-state index contributed by atoms with van der Waals surface area (Å²) in [5.74, 6) is -4.97. The summed E-state index contributed by atoms with van der Waals surface area (Å²) in [5.41, 5.74) is 3.72. The molecule has 0 unspecified atom stereocenters. The number of ether oxygens (including phenoxy) is 9. The van der Waals surface area contributed by atoms with Crippen molar-refractivity contribution in [2.24, 2.45) is 34.5 Å². The molecular formula is C67H104N6O16. The van der Waals surface area contributed by atoms with Gasteiger partial charge in [-0.2, -0.15) is 0 Å². The number of alkyl carbamates (subject to hydrolysis) is 2. The van der Waals surface area contributed by atoms with Crippen molar-refractivity contribution >= 4 is 41.7 Å². The molecule has 22 nitrogen and oxygen atoms in total. The summed E-state index contributed by atoms with van der Waals surface area (Å²) in [6.07, 6.45) is -1.21. The molecule has 22 heteroatoms. The molecule has 0 radical (unpaired) electrons. The van der Waals surface area contributed by atoms with Crippen molar-refractivity contribution in [3.05, 3.63) is 90.1 Å². The Labute approximate surface area is 528 Å². The normalized spacial score (nSPS) is 14.0. The van der Waals surface area contributed by atoms with Gasteiger partial charge in [0, 0.05) is 37.8 Å². The average Bonchev–Trinajstić information content (AvgIpc) is 1.57. The summed E-state index contributed by atoms with van der Waals surface area (Å²) < 4.78 is 49.9. The van der Waals surface area contributed by atoms with Crippen LogP contribution in [0.1, 0.15) is 127 Å². The van der Waals surface area contributed by atoms with Crippen molar-refractivity contribution in [2.75, 3.05) is 86.8 Å². The molecule has 0 saturated heterocycles. The molecule has 2 aromatic carbocycles. The number of pyridine rings is 1. The second kappa shape index (κ2) is 39.5. The maximum Gasteiger partial charge on any atom is 0.408 e. The highest BCUT2D eigenvalue weighted by Gasteiger charge is 2.41. The minimum atomic E-state index is -1.27. The quantitative estimate of drug-likeness (QED) is 0.0179. The molecule has 0 saturated carbocycles. The molecule has 1 aromatic heterocycles. The molecule has 4 amide bonds. The standard InChI is InChI=1S/C67H104N6O16/c1-46(2)39-54(70-64(80)89-67(11,12)13)61(77)69-55(40-47(3)4)62(78)88-57(45-73(72-60(76)52(65(5,6)7)43-58(75)82-15)44-49-24-26-50(27-25-49)53-23-19-20-28-68-53)51(41-48-21-17-16-18-22-48)42-56(74)59(66(8,9)10)71-63(79)87-38-37-86-36-35-85-34-33-84-32-31-83-30-29-81-14/h16-28,46-47,51-52,54-55,57,59H,29-45H2,1-15H3,(H,69,77)(H,70,80)(H,71,79)(H,72,76)/t51-,52-,54+,55+,57+,59-/m1/s1. The maximum absolute atomic E-state index is 15.3. The van der Waals surface area contributed by atoms with Gasteiger partial charge in [-0.05, 0) is 86.0 Å². The number of benzene rings is 2. The fourth-order valence-corrected chi connectivity index (χ4v) is 9.47. The van der Waals surface area contributed by atoms with Crippen LogP contribution in [0.4, 0.5) is 9.59 Å². The zero-order chi connectivity index (χ0) is 66.2. The summed E-state index contributed by atoms with van der Waals surface area (Å²) in [6.45, 7) is 26.6. The number of methoxy groups -OCH3 is 2. The second-order valence-corrected chi connectivity index (χ2v) is 26.1. The lowest BCUT2D eigenvalue weighted by molar-refractivity contribution is -0.160. The second-order valence-electron chi connectivity index (χ2n) is 26.1. The van der Waals surface area contributed by atoms with E-state index in [0.29, 0.717) is 39.6 Å². The number of rotatable bonds is 40. The predicted octanol–water partition coefficient (Wildman–Crippen LogP) is 8.86. The van der Waals surface area contributed by atoms with E-state index in [2.05, 4.69) is 26.4 Å². The van der Waals surface area contributed by atoms with Crippen molar-refractivity contribution in [1.29, 1.82) is 0 Å². The third-order valence-corrected chi connectivity index (χ3v) is 14.0. The van der Waals surface area contributed by atoms with Gasteiger partial charge >= 0.3 is 24.1 Å². The highest BCUT2D eigenvalue weighted by Crippen LogP contribution is 2.31. The lowest BCUT2D eigenvalue weighted by Crippen LogP contribution is -2.55. The van der Waals surface area contributed by atoms with E-state index >= 15 is 9.59 Å². The van der Waals surface area contributed by atoms with E-state index in [0.717, 1.165) is 22.4 Å². The minimum Gasteiger partial charge on any atom is -0.469 e. The number of ketones is 1. The third kappa shape index (κ3) is 31.6. The van der Waals surface area contributed by atoms with Gasteiger partial charge in [-0.15, -0.1) is 0 Å². The van der Waals surface area contributed by atoms with E-state index in [4.69, 9.17) is 42.6 Å². The highest BCUT2D eigenvalue weighted by atomic mass is 16.6. The van der Waals surface area contributed by atoms with Crippen molar-refractivity contribution in [3.63, 3.8) is 0 Å². The van der Waals surface area contributed by atoms with E-state index in [1.807, 2.05) is 142 Å². The Morgan fingerprint density at radius 2 is 1.13 bits per heavy atom. The Bertz CT molecular complexity index is 2570. The zero-order valence-electron chi connectivity index (χ0n) is 55.6. The summed E-state index contributed by atoms with van der Waals surface area (Å²) in [7, 11) is 2.87. The van der Waals surface area contributed by atoms with Gasteiger partial charge in [0.2, 0.25) is 11.8 Å². The van der Waals surface area contributed by atoms with Gasteiger partial charge in [-0.1, -0.05) is 130 Å². The largest absolute Gasteiger partial charge is 0.469 e. The van der Waals surface area contributed by atoms with Gasteiger partial charge in [0.15, 0.2) is 5.78 Å². The number of carbonyl (C=O) groups is 7. The Hall–Kier alpha value is -6.56. The van der Waals surface area contributed by atoms with Gasteiger partial charge in [-0.3, -0.25) is 29.6 Å². The number of amides is 4. The number of carbonyl (C=O) groups excluding carboxylic acids is 7. The molecule has 3 rings (SSSR count). The van der Waals surface area contributed by atoms with Crippen LogP contribution in [0.15, 0.2) is 79.0 Å². The van der Waals surface area contributed by atoms with Crippen molar-refractivity contribution in [3.8, 4) is 11.3 Å². The van der Waals surface area contributed by atoms with Crippen molar-refractivity contribution < 1.29 is 76.2 Å². The number of nitrogens with zero attached hydrogens (tertiary/aromatic N) is 2. The van der Waals surface area contributed by atoms with Crippen LogP contribution in [0.25, 0.3) is 11.3 Å². The molecule has 0 bridgehead atoms. The average molecular weight is 1250 g/mol. The molecule has 4 N–H and O–H groups in total. The number of aromatic nitrogens is 1. The van der Waals surface area contributed by atoms with Crippen LogP contribution in [-0.2, 0) is 79.6 Å². The fourth-order valence-electron chi connectivity index (χ4n) is 9.47. The van der Waals surface area contributed by atoms with Crippen LogP contribution in [0.3, 0.4) is 0 Å². The Morgan fingerprint density at radius 3 is 1.65 bits per heavy atom. The molecule has 498 valence electrons. The molecule has 1 heterocycles. The Morgan fingerprint density at radius 1 is 0.573 bits per heavy atom. The molecule has 89 heavy (non-hydrogen) atoms. The number of hydrazine groups is 1. The van der Waals surface area contributed by atoms with Gasteiger partial charge < -0.3 is 58.6 Å². The van der Waals surface area contributed by atoms with Crippen LogP contribution in [-0.4, -0.2) is 168 Å². The first-order valence-corrected chi connectivity index (χ1v) is 30.9. The molecule has 0 aliphatic carbocycles. The number of nitrogens with one attached hydrogen (secondary N) is 4. The molecule has 0 aliphatic rings. The summed E-state index contributed by atoms with van der Waals surface area (Å²) in [5, 5.41) is 10.0. The van der Waals surface area contributed by atoms with Gasteiger partial charge in [0.1, 0.15) is 30.4 Å². The van der Waals surface area contributed by atoms with E-state index in [-0.39, 0.29) is 83.5 Å². The van der Waals surface area contributed by atoms with E-state index < -0.39 is 94.2 Å². The fraction of sp³-hybridized carbons (Fsp3) is 0.642. The molecular weight excluding hydrogens is 1140 g/mol. The number of Topliss-reactive ketones (excluding diaryl/α,β-unsaturated/α-hetero) is 1. The van der Waals surface area contributed by atoms with Crippen LogP contribution in [0, 0.1) is 34.5 Å². The number of esters is 2. The lowest BCUT2D eigenvalue weighted by Gasteiger charge is -2.37. The maximum atomic E-state index is 15.3. The van der Waals surface area contributed by atoms with Gasteiger partial charge in [0.25, 0.3) is 0 Å². The minimum absolute atomic E-state index is 0.0407. The van der Waals surface area contributed by atoms with E-state index in [1.54, 1.807) is 39.1 Å². The van der Waals surface area contributed by atoms with Crippen LogP contribution in [0.2, 0.25) is 0 Å². The Balaban J connectivity index is 2.11. The topological polar surface area (TPSA) is 267 Å². The lowest BCUT2D eigenvalue weighted by atomic mass is 9.78. The molecule has 0 fully saturated rings. The summed E-state index contributed by atoms with van der Waals surface area (Å²) in [6, 6.07) is 19.0. The van der Waals surface area contributed by atoms with E-state index in [9.17, 15) is 24.0 Å². The zero-order valence-corrected chi connectivity index (χ0v) is 55.6. The summed E-state index contributed by atoms with van der Waals surface area (Å²) >= 11 is 0. The molecule has 0 aliphatic heterocycles. The first-order chi connectivity index (χ1) is 42.0. The first-order valence-electron chi connectivity index (χ1n) is 30.9. The van der Waals surface area contributed by atoms with Gasteiger partial charge in [-0.25, -0.2) is 19.4 Å². The smallest absolute Gasteiger partial charge is 0.408 e. The number of hydrogen-bond donors (Lipinski definition) is 4. The molecule has 6 atom stereocenters. The van der Waals surface area contributed by atoms with Crippen LogP contribution in [0.5, 0.6) is 0 Å². The Kier molecular flexibility index (Phi) is 34.1. The SMILES string of the molecule is COCCOCCOCCOCCOCCOC(=O)N[C@H](C(=O)C[C@@H](Cc1ccccc1)[C@H](CN(Cc1ccc(-c2ccccn2)cc1)NC(=O)[C@@H](CC(=O)OC)C(C)(C)C)OC(=O)[C@H](CC(C)C)NC(=O)[C@H](CC(C)C)NC(=O)OC(C)(C)C)C(C)(C)C. The highest BCUT2D eigenvalue weighted by molar-refractivity contribution is 5.90. The van der Waals surface area contributed by atoms with Crippen LogP contribution >= 0.6 is 0 Å². The van der Waals surface area contributed by atoms with Crippen LogP contribution < -0.4 is 21.4 Å². The predicted molar refractivity (Wildman–Crippen MR) is 338 cm³/mol. The van der Waals surface area contributed by atoms with Crippen molar-refractivity contribution in [2.45, 2.75) is 158 Å². The third-order valence-electron chi connectivity index (χ3n) is 14.0. The molecule has 0 spiro atoms. The monoisotopic (exact) mass is 1250 g/mol. The first kappa shape index (κ1) is 76.7.